The van der Waals surface area contributed by atoms with E-state index in [9.17, 15) is 9.59 Å². The zero-order chi connectivity index (χ0) is 18.7. The number of nitrogens with zero attached hydrogens (tertiary/aromatic N) is 4. The van der Waals surface area contributed by atoms with Gasteiger partial charge in [-0.25, -0.2) is 4.98 Å². The number of aryl methyl sites for hydroxylation is 2. The number of amides is 1. The van der Waals surface area contributed by atoms with Crippen molar-refractivity contribution in [3.63, 3.8) is 0 Å². The van der Waals surface area contributed by atoms with Crippen LogP contribution in [0.4, 0.5) is 0 Å². The molecule has 1 amide bonds. The van der Waals surface area contributed by atoms with Crippen molar-refractivity contribution in [1.29, 1.82) is 0 Å². The number of hydrogen-bond donors (Lipinski definition) is 0. The van der Waals surface area contributed by atoms with Crippen LogP contribution >= 0.6 is 11.3 Å². The normalized spacial score (nSPS) is 11.5. The van der Waals surface area contributed by atoms with E-state index in [2.05, 4.69) is 6.92 Å². The Morgan fingerprint density at radius 3 is 2.52 bits per heavy atom. The molecule has 2 aromatic heterocycles. The fourth-order valence-electron chi connectivity index (χ4n) is 2.71. The SMILES string of the molecule is CCCCN(C)C(=O)Cn1c(CN(C)C)nc2sc(C)c(C)c2c1=O. The monoisotopic (exact) mass is 364 g/mol. The largest absolute Gasteiger partial charge is 0.344 e. The third-order valence-corrected chi connectivity index (χ3v) is 5.49. The smallest absolute Gasteiger partial charge is 0.263 e. The molecule has 138 valence electrons. The maximum absolute atomic E-state index is 13.1. The summed E-state index contributed by atoms with van der Waals surface area (Å²) in [5.74, 6) is 0.585. The van der Waals surface area contributed by atoms with E-state index in [1.807, 2.05) is 32.8 Å². The number of likely N-dealkylation sites (N-methyl/N-ethyl adjacent to an activating group) is 1. The number of carbonyl (C=O) groups excluding carboxylic acids is 1. The molecule has 0 radical (unpaired) electrons. The number of thiophene rings is 1. The summed E-state index contributed by atoms with van der Waals surface area (Å²) in [6, 6.07) is 0. The van der Waals surface area contributed by atoms with Crippen LogP contribution in [0, 0.1) is 13.8 Å². The van der Waals surface area contributed by atoms with Crippen molar-refractivity contribution in [3.8, 4) is 0 Å². The Bertz CT molecular complexity index is 823. The molecule has 2 heterocycles. The fraction of sp³-hybridized carbons (Fsp3) is 0.611. The van der Waals surface area contributed by atoms with Gasteiger partial charge in [-0.15, -0.1) is 11.3 Å². The summed E-state index contributed by atoms with van der Waals surface area (Å²) in [4.78, 5) is 35.9. The first-order valence-electron chi connectivity index (χ1n) is 8.64. The summed E-state index contributed by atoms with van der Waals surface area (Å²) < 4.78 is 1.55. The molecular formula is C18H28N4O2S. The van der Waals surface area contributed by atoms with E-state index in [1.54, 1.807) is 27.9 Å². The molecular weight excluding hydrogens is 336 g/mol. The van der Waals surface area contributed by atoms with Crippen molar-refractivity contribution in [1.82, 2.24) is 19.4 Å². The van der Waals surface area contributed by atoms with Crippen LogP contribution in [0.25, 0.3) is 10.2 Å². The van der Waals surface area contributed by atoms with Crippen LogP contribution in [0.5, 0.6) is 0 Å². The van der Waals surface area contributed by atoms with Crippen molar-refractivity contribution < 1.29 is 4.79 Å². The first-order chi connectivity index (χ1) is 11.8. The Kier molecular flexibility index (Phi) is 6.35. The standard InChI is InChI=1S/C18H28N4O2S/c1-7-8-9-21(6)15(23)11-22-14(10-20(4)5)19-17-16(18(22)24)12(2)13(3)25-17/h7-11H2,1-6H3. The van der Waals surface area contributed by atoms with Crippen LogP contribution in [-0.2, 0) is 17.9 Å². The van der Waals surface area contributed by atoms with Gasteiger partial charge in [-0.3, -0.25) is 14.2 Å². The molecule has 0 saturated heterocycles. The van der Waals surface area contributed by atoms with Crippen molar-refractivity contribution in [2.45, 2.75) is 46.7 Å². The van der Waals surface area contributed by atoms with Gasteiger partial charge in [0, 0.05) is 18.5 Å². The lowest BCUT2D eigenvalue weighted by Gasteiger charge is -2.20. The van der Waals surface area contributed by atoms with E-state index in [4.69, 9.17) is 4.98 Å². The molecule has 7 heteroatoms. The van der Waals surface area contributed by atoms with Crippen molar-refractivity contribution in [2.24, 2.45) is 0 Å². The predicted molar refractivity (Wildman–Crippen MR) is 103 cm³/mol. The molecule has 2 aromatic rings. The number of fused-ring (bicyclic) bond motifs is 1. The topological polar surface area (TPSA) is 58.4 Å². The molecule has 0 unspecified atom stereocenters. The predicted octanol–water partition coefficient (Wildman–Crippen LogP) is 2.39. The van der Waals surface area contributed by atoms with Gasteiger partial charge in [0.15, 0.2) is 0 Å². The van der Waals surface area contributed by atoms with Gasteiger partial charge in [0.1, 0.15) is 17.2 Å². The zero-order valence-electron chi connectivity index (χ0n) is 16.0. The Labute approximate surface area is 153 Å². The van der Waals surface area contributed by atoms with Crippen LogP contribution in [-0.4, -0.2) is 52.9 Å². The molecule has 0 N–H and O–H groups in total. The molecule has 25 heavy (non-hydrogen) atoms. The molecule has 0 aliphatic rings. The molecule has 0 atom stereocenters. The lowest BCUT2D eigenvalue weighted by molar-refractivity contribution is -0.130. The number of rotatable bonds is 7. The average Bonchev–Trinajstić information content (AvgIpc) is 2.82. The Morgan fingerprint density at radius 1 is 1.24 bits per heavy atom. The van der Waals surface area contributed by atoms with E-state index >= 15 is 0 Å². The third-order valence-electron chi connectivity index (χ3n) is 4.39. The Hall–Kier alpha value is -1.73. The van der Waals surface area contributed by atoms with E-state index in [1.165, 1.54) is 0 Å². The molecule has 0 fully saturated rings. The molecule has 2 rings (SSSR count). The molecule has 0 bridgehead atoms. The summed E-state index contributed by atoms with van der Waals surface area (Å²) in [7, 11) is 5.65. The van der Waals surface area contributed by atoms with Crippen molar-refractivity contribution in [3.05, 3.63) is 26.6 Å². The number of carbonyl (C=O) groups is 1. The van der Waals surface area contributed by atoms with Gasteiger partial charge in [-0.05, 0) is 39.9 Å². The Morgan fingerprint density at radius 2 is 1.92 bits per heavy atom. The summed E-state index contributed by atoms with van der Waals surface area (Å²) in [6.45, 7) is 7.31. The van der Waals surface area contributed by atoms with E-state index in [0.717, 1.165) is 28.1 Å². The second-order valence-electron chi connectivity index (χ2n) is 6.79. The molecule has 0 aliphatic carbocycles. The van der Waals surface area contributed by atoms with Gasteiger partial charge in [-0.1, -0.05) is 13.3 Å². The molecule has 0 saturated carbocycles. The van der Waals surface area contributed by atoms with Gasteiger partial charge in [0.25, 0.3) is 5.56 Å². The van der Waals surface area contributed by atoms with Crippen molar-refractivity contribution >= 4 is 27.5 Å². The molecule has 0 aromatic carbocycles. The van der Waals surface area contributed by atoms with Gasteiger partial charge >= 0.3 is 0 Å². The second-order valence-corrected chi connectivity index (χ2v) is 7.99. The maximum Gasteiger partial charge on any atom is 0.263 e. The average molecular weight is 365 g/mol. The summed E-state index contributed by atoms with van der Waals surface area (Å²) in [5, 5.41) is 0.647. The minimum absolute atomic E-state index is 0.0412. The minimum atomic E-state index is -0.110. The number of hydrogen-bond acceptors (Lipinski definition) is 5. The van der Waals surface area contributed by atoms with Crippen LogP contribution < -0.4 is 5.56 Å². The van der Waals surface area contributed by atoms with E-state index in [-0.39, 0.29) is 18.0 Å². The van der Waals surface area contributed by atoms with Gasteiger partial charge in [0.05, 0.1) is 11.9 Å². The van der Waals surface area contributed by atoms with Crippen LogP contribution in [0.1, 0.15) is 36.0 Å². The molecule has 6 nitrogen and oxygen atoms in total. The highest BCUT2D eigenvalue weighted by atomic mass is 32.1. The van der Waals surface area contributed by atoms with Crippen LogP contribution in [0.2, 0.25) is 0 Å². The second kappa shape index (κ2) is 8.10. The lowest BCUT2D eigenvalue weighted by atomic mass is 10.2. The van der Waals surface area contributed by atoms with Crippen molar-refractivity contribution in [2.75, 3.05) is 27.7 Å². The third kappa shape index (κ3) is 4.27. The molecule has 0 aliphatic heterocycles. The quantitative estimate of drug-likeness (QED) is 0.757. The number of aromatic nitrogens is 2. The Balaban J connectivity index is 2.48. The fourth-order valence-corrected chi connectivity index (χ4v) is 3.75. The summed E-state index contributed by atoms with van der Waals surface area (Å²) in [6.07, 6.45) is 1.99. The summed E-state index contributed by atoms with van der Waals surface area (Å²) in [5.41, 5.74) is 0.857. The highest BCUT2D eigenvalue weighted by Gasteiger charge is 2.19. The lowest BCUT2D eigenvalue weighted by Crippen LogP contribution is -2.37. The molecule has 0 spiro atoms. The maximum atomic E-state index is 13.1. The first kappa shape index (κ1) is 19.6. The van der Waals surface area contributed by atoms with Crippen LogP contribution in [0.15, 0.2) is 4.79 Å². The zero-order valence-corrected chi connectivity index (χ0v) is 16.9. The number of unbranched alkanes of at least 4 members (excludes halogenated alkanes) is 1. The van der Waals surface area contributed by atoms with E-state index in [0.29, 0.717) is 24.3 Å². The summed E-state index contributed by atoms with van der Waals surface area (Å²) >= 11 is 1.54. The highest BCUT2D eigenvalue weighted by Crippen LogP contribution is 2.26. The first-order valence-corrected chi connectivity index (χ1v) is 9.46. The van der Waals surface area contributed by atoms with Gasteiger partial charge in [0.2, 0.25) is 5.91 Å². The highest BCUT2D eigenvalue weighted by molar-refractivity contribution is 7.18. The van der Waals surface area contributed by atoms with Crippen LogP contribution in [0.3, 0.4) is 0 Å². The van der Waals surface area contributed by atoms with Gasteiger partial charge in [-0.2, -0.15) is 0 Å². The minimum Gasteiger partial charge on any atom is -0.344 e. The van der Waals surface area contributed by atoms with E-state index < -0.39 is 0 Å². The van der Waals surface area contributed by atoms with Gasteiger partial charge < -0.3 is 9.80 Å².